The maximum absolute atomic E-state index is 12.1. The second-order valence-corrected chi connectivity index (χ2v) is 6.96. The molecule has 0 aliphatic carbocycles. The van der Waals surface area contributed by atoms with Crippen molar-refractivity contribution >= 4 is 23.6 Å². The van der Waals surface area contributed by atoms with Crippen LogP contribution in [0.5, 0.6) is 5.75 Å². The maximum atomic E-state index is 12.1. The molecule has 1 aromatic heterocycles. The quantitative estimate of drug-likeness (QED) is 0.528. The summed E-state index contributed by atoms with van der Waals surface area (Å²) < 4.78 is 54.4. The molecular weight excluding hydrogens is 319 g/mol. The van der Waals surface area contributed by atoms with Gasteiger partial charge in [-0.1, -0.05) is 0 Å². The van der Waals surface area contributed by atoms with Gasteiger partial charge in [0.05, 0.1) is 20.3 Å². The number of aromatic nitrogens is 1. The van der Waals surface area contributed by atoms with E-state index in [2.05, 4.69) is 9.38 Å². The SMILES string of the molecule is CCOP(=O)(C=NS(=O)(=O)c1ncccc1OC)OCC. The standard InChI is InChI=1S/C11H17N2O6PS/c1-4-18-20(14,19-5-2)9-13-21(15,16)11-10(17-3)7-6-8-12-11/h6-9H,4-5H2,1-3H3. The molecule has 0 aliphatic heterocycles. The minimum absolute atomic E-state index is 0.0392. The van der Waals surface area contributed by atoms with Crippen LogP contribution in [-0.2, 0) is 23.6 Å². The van der Waals surface area contributed by atoms with Gasteiger partial charge in [0.2, 0.25) is 5.03 Å². The molecule has 0 bridgehead atoms. The van der Waals surface area contributed by atoms with E-state index in [1.165, 1.54) is 25.4 Å². The molecule has 0 radical (unpaired) electrons. The zero-order chi connectivity index (χ0) is 15.9. The average Bonchev–Trinajstić information content (AvgIpc) is 2.46. The molecule has 0 saturated carbocycles. The van der Waals surface area contributed by atoms with E-state index in [9.17, 15) is 13.0 Å². The summed E-state index contributed by atoms with van der Waals surface area (Å²) in [5.41, 5.74) is 0. The molecule has 1 heterocycles. The van der Waals surface area contributed by atoms with E-state index in [-0.39, 0.29) is 24.0 Å². The van der Waals surface area contributed by atoms with Gasteiger partial charge in [0.1, 0.15) is 5.96 Å². The number of sulfonamides is 1. The van der Waals surface area contributed by atoms with Gasteiger partial charge in [0.25, 0.3) is 0 Å². The van der Waals surface area contributed by atoms with Gasteiger partial charge in [0, 0.05) is 6.20 Å². The van der Waals surface area contributed by atoms with E-state index in [0.717, 1.165) is 0 Å². The van der Waals surface area contributed by atoms with Crippen LogP contribution in [0, 0.1) is 0 Å². The largest absolute Gasteiger partial charge is 0.494 e. The number of methoxy groups -OCH3 is 1. The number of nitrogens with zero attached hydrogens (tertiary/aromatic N) is 2. The molecule has 0 spiro atoms. The fraction of sp³-hybridized carbons (Fsp3) is 0.455. The van der Waals surface area contributed by atoms with Crippen molar-refractivity contribution in [1.29, 1.82) is 0 Å². The molecule has 0 unspecified atom stereocenters. The van der Waals surface area contributed by atoms with Gasteiger partial charge in [-0.3, -0.25) is 4.57 Å². The van der Waals surface area contributed by atoms with Crippen LogP contribution in [0.2, 0.25) is 0 Å². The van der Waals surface area contributed by atoms with E-state index in [0.29, 0.717) is 5.96 Å². The molecule has 118 valence electrons. The highest BCUT2D eigenvalue weighted by Crippen LogP contribution is 2.45. The fourth-order valence-electron chi connectivity index (χ4n) is 1.36. The highest BCUT2D eigenvalue weighted by Gasteiger charge is 2.25. The molecule has 0 aliphatic rings. The van der Waals surface area contributed by atoms with Crippen LogP contribution < -0.4 is 4.74 Å². The van der Waals surface area contributed by atoms with Crippen molar-refractivity contribution in [3.8, 4) is 5.75 Å². The summed E-state index contributed by atoms with van der Waals surface area (Å²) in [6.45, 7) is 3.40. The molecule has 1 rings (SSSR count). The van der Waals surface area contributed by atoms with Crippen molar-refractivity contribution in [2.45, 2.75) is 18.9 Å². The van der Waals surface area contributed by atoms with E-state index >= 15 is 0 Å². The van der Waals surface area contributed by atoms with Crippen molar-refractivity contribution in [2.75, 3.05) is 20.3 Å². The Kier molecular flexibility index (Phi) is 6.47. The molecule has 0 fully saturated rings. The van der Waals surface area contributed by atoms with Gasteiger partial charge < -0.3 is 13.8 Å². The maximum Gasteiger partial charge on any atom is 0.373 e. The lowest BCUT2D eigenvalue weighted by molar-refractivity contribution is 0.233. The van der Waals surface area contributed by atoms with Crippen molar-refractivity contribution in [3.05, 3.63) is 18.3 Å². The van der Waals surface area contributed by atoms with Gasteiger partial charge >= 0.3 is 17.6 Å². The van der Waals surface area contributed by atoms with Gasteiger partial charge in [-0.05, 0) is 26.0 Å². The molecule has 0 aromatic carbocycles. The Morgan fingerprint density at radius 3 is 2.48 bits per heavy atom. The van der Waals surface area contributed by atoms with Crippen LogP contribution in [0.1, 0.15) is 13.8 Å². The van der Waals surface area contributed by atoms with Gasteiger partial charge in [-0.2, -0.15) is 12.8 Å². The second kappa shape index (κ2) is 7.65. The Labute approximate surface area is 123 Å². The molecule has 0 amide bonds. The van der Waals surface area contributed by atoms with E-state index < -0.39 is 17.6 Å². The summed E-state index contributed by atoms with van der Waals surface area (Å²) >= 11 is 0. The molecular formula is C11H17N2O6PS. The first-order valence-electron chi connectivity index (χ1n) is 6.08. The zero-order valence-corrected chi connectivity index (χ0v) is 13.6. The summed E-state index contributed by atoms with van der Waals surface area (Å²) in [7, 11) is -6.56. The molecule has 0 atom stereocenters. The molecule has 8 nitrogen and oxygen atoms in total. The van der Waals surface area contributed by atoms with Crippen LogP contribution in [-0.4, -0.2) is 39.7 Å². The lowest BCUT2D eigenvalue weighted by atomic mass is 10.5. The minimum Gasteiger partial charge on any atom is -0.494 e. The number of rotatable bonds is 8. The smallest absolute Gasteiger partial charge is 0.373 e. The van der Waals surface area contributed by atoms with Crippen LogP contribution >= 0.6 is 7.60 Å². The minimum atomic E-state index is -4.17. The zero-order valence-electron chi connectivity index (χ0n) is 11.9. The Morgan fingerprint density at radius 1 is 1.33 bits per heavy atom. The third kappa shape index (κ3) is 4.89. The Morgan fingerprint density at radius 2 is 1.95 bits per heavy atom. The number of hydrogen-bond donors (Lipinski definition) is 0. The summed E-state index contributed by atoms with van der Waals surface area (Å²) in [5.74, 6) is 0.709. The molecule has 0 saturated heterocycles. The Bertz CT molecular complexity index is 636. The van der Waals surface area contributed by atoms with E-state index in [1.54, 1.807) is 13.8 Å². The molecule has 1 aromatic rings. The van der Waals surface area contributed by atoms with Gasteiger partial charge in [0.15, 0.2) is 5.75 Å². The van der Waals surface area contributed by atoms with E-state index in [1.807, 2.05) is 0 Å². The first-order chi connectivity index (χ1) is 9.88. The lowest BCUT2D eigenvalue weighted by Crippen LogP contribution is -2.04. The van der Waals surface area contributed by atoms with Crippen molar-refractivity contribution in [1.82, 2.24) is 4.98 Å². The topological polar surface area (TPSA) is 104 Å². The van der Waals surface area contributed by atoms with Crippen LogP contribution in [0.25, 0.3) is 0 Å². The predicted molar refractivity (Wildman–Crippen MR) is 77.3 cm³/mol. The predicted octanol–water partition coefficient (Wildman–Crippen LogP) is 2.07. The van der Waals surface area contributed by atoms with Crippen LogP contribution in [0.15, 0.2) is 27.8 Å². The summed E-state index contributed by atoms with van der Waals surface area (Å²) in [6, 6.07) is 2.95. The second-order valence-electron chi connectivity index (χ2n) is 3.58. The summed E-state index contributed by atoms with van der Waals surface area (Å²) in [4.78, 5) is 3.72. The normalized spacial score (nSPS) is 12.7. The summed E-state index contributed by atoms with van der Waals surface area (Å²) in [5, 5.41) is -0.372. The third-order valence-electron chi connectivity index (χ3n) is 2.15. The van der Waals surface area contributed by atoms with E-state index in [4.69, 9.17) is 13.8 Å². The van der Waals surface area contributed by atoms with Crippen LogP contribution in [0.4, 0.5) is 0 Å². The average molecular weight is 336 g/mol. The van der Waals surface area contributed by atoms with Crippen molar-refractivity contribution in [3.63, 3.8) is 0 Å². The lowest BCUT2D eigenvalue weighted by Gasteiger charge is -2.11. The molecule has 10 heteroatoms. The highest BCUT2D eigenvalue weighted by molar-refractivity contribution is 7.91. The number of pyridine rings is 1. The van der Waals surface area contributed by atoms with Crippen molar-refractivity contribution < 1.29 is 26.8 Å². The first kappa shape index (κ1) is 17.8. The van der Waals surface area contributed by atoms with Crippen LogP contribution in [0.3, 0.4) is 0 Å². The Balaban J connectivity index is 3.14. The van der Waals surface area contributed by atoms with Crippen molar-refractivity contribution in [2.24, 2.45) is 4.40 Å². The van der Waals surface area contributed by atoms with Gasteiger partial charge in [-0.25, -0.2) is 4.98 Å². The Hall–Kier alpha value is -1.28. The fourth-order valence-corrected chi connectivity index (χ4v) is 3.94. The van der Waals surface area contributed by atoms with Gasteiger partial charge in [-0.15, -0.1) is 0 Å². The number of hydrogen-bond acceptors (Lipinski definition) is 7. The number of ether oxygens (including phenoxy) is 1. The highest BCUT2D eigenvalue weighted by atomic mass is 32.2. The molecule has 0 N–H and O–H groups in total. The third-order valence-corrected chi connectivity index (χ3v) is 5.11. The molecule has 21 heavy (non-hydrogen) atoms. The first-order valence-corrected chi connectivity index (χ1v) is 9.13. The summed E-state index contributed by atoms with van der Waals surface area (Å²) in [6.07, 6.45) is 1.29. The monoisotopic (exact) mass is 336 g/mol.